The average molecular weight is 414 g/mol. The van der Waals surface area contributed by atoms with Crippen LogP contribution in [0.5, 0.6) is 0 Å². The third-order valence-electron chi connectivity index (χ3n) is 3.47. The first-order valence-corrected chi connectivity index (χ1v) is 8.92. The van der Waals surface area contributed by atoms with Crippen LogP contribution >= 0.6 is 0 Å². The van der Waals surface area contributed by atoms with Crippen molar-refractivity contribution >= 4 is 9.52 Å². The summed E-state index contributed by atoms with van der Waals surface area (Å²) < 4.78 is 0. The average Bonchev–Trinajstić information content (AvgIpc) is 2.69. The van der Waals surface area contributed by atoms with Crippen molar-refractivity contribution in [3.05, 3.63) is 29.6 Å². The number of rotatable bonds is 3. The van der Waals surface area contributed by atoms with Crippen LogP contribution in [0.15, 0.2) is 24.3 Å². The first-order valence-electron chi connectivity index (χ1n) is 6.61. The van der Waals surface area contributed by atoms with E-state index in [-0.39, 0.29) is 62.0 Å². The van der Waals surface area contributed by atoms with Crippen molar-refractivity contribution in [3.8, 4) is 0 Å². The van der Waals surface area contributed by atoms with E-state index in [2.05, 4.69) is 72.0 Å². The van der Waals surface area contributed by atoms with Gasteiger partial charge in [0.1, 0.15) is 0 Å². The molecule has 0 bridgehead atoms. The van der Waals surface area contributed by atoms with Gasteiger partial charge in [-0.2, -0.15) is 0 Å². The maximum absolute atomic E-state index is 4.92. The summed E-state index contributed by atoms with van der Waals surface area (Å²) in [6.45, 7) is 15.7. The van der Waals surface area contributed by atoms with Crippen LogP contribution in [0.4, 0.5) is 0 Å². The van der Waals surface area contributed by atoms with E-state index in [1.807, 2.05) is 0 Å². The number of hydrogen-bond acceptors (Lipinski definition) is 0. The molecule has 0 saturated heterocycles. The van der Waals surface area contributed by atoms with E-state index in [0.29, 0.717) is 6.04 Å². The predicted molar refractivity (Wildman–Crippen MR) is 82.5 cm³/mol. The quantitative estimate of drug-likeness (QED) is 0.505. The molecule has 2 radical (unpaired) electrons. The Morgan fingerprint density at radius 1 is 1.00 bits per heavy atom. The molecular formula is C15H29Cl2NSiZr. The molecule has 0 saturated carbocycles. The summed E-state index contributed by atoms with van der Waals surface area (Å²) in [7, 11) is 0.750. The Labute approximate surface area is 160 Å². The summed E-state index contributed by atoms with van der Waals surface area (Å²) in [5.74, 6) is 0. The zero-order valence-corrected chi connectivity index (χ0v) is 19.0. The molecule has 0 N–H and O–H groups in total. The number of nitrogens with zero attached hydrogens (tertiary/aromatic N) is 1. The van der Waals surface area contributed by atoms with Gasteiger partial charge in [0.15, 0.2) is 0 Å². The smallest absolute Gasteiger partial charge is 1.00 e. The maximum Gasteiger partial charge on any atom is 3.00 e. The van der Waals surface area contributed by atoms with Crippen molar-refractivity contribution in [2.24, 2.45) is 5.41 Å². The molecule has 116 valence electrons. The topological polar surface area (TPSA) is 14.1 Å². The molecule has 0 spiro atoms. The van der Waals surface area contributed by atoms with E-state index in [1.165, 1.54) is 0 Å². The Balaban J connectivity index is -0.000000196. The second-order valence-electron chi connectivity index (χ2n) is 5.84. The van der Waals surface area contributed by atoms with Crippen molar-refractivity contribution in [3.63, 3.8) is 0 Å². The first kappa shape index (κ1) is 29.2. The second kappa shape index (κ2) is 13.8. The fourth-order valence-electron chi connectivity index (χ4n) is 1.65. The molecule has 0 aromatic carbocycles. The van der Waals surface area contributed by atoms with Crippen molar-refractivity contribution in [1.82, 2.24) is 0 Å². The molecule has 5 heteroatoms. The summed E-state index contributed by atoms with van der Waals surface area (Å²) in [6.07, 6.45) is 9.55. The van der Waals surface area contributed by atoms with Gasteiger partial charge in [-0.15, -0.1) is 5.54 Å². The molecule has 0 aromatic heterocycles. The number of hydrogen-bond donors (Lipinski definition) is 0. The molecule has 20 heavy (non-hydrogen) atoms. The Morgan fingerprint density at radius 2 is 1.35 bits per heavy atom. The fourth-order valence-corrected chi connectivity index (χ4v) is 1.65. The first-order chi connectivity index (χ1) is 7.80. The van der Waals surface area contributed by atoms with E-state index < -0.39 is 0 Å². The van der Waals surface area contributed by atoms with Gasteiger partial charge in [0, 0.05) is 9.52 Å². The van der Waals surface area contributed by atoms with Crippen molar-refractivity contribution < 1.29 is 51.0 Å². The largest absolute Gasteiger partial charge is 3.00 e. The van der Waals surface area contributed by atoms with Gasteiger partial charge in [-0.3, -0.25) is 0 Å². The molecule has 1 rings (SSSR count). The zero-order valence-electron chi connectivity index (χ0n) is 13.9. The van der Waals surface area contributed by atoms with Crippen LogP contribution < -0.4 is 24.8 Å². The van der Waals surface area contributed by atoms with Crippen molar-refractivity contribution in [2.45, 2.75) is 65.7 Å². The van der Waals surface area contributed by atoms with Gasteiger partial charge in [0.25, 0.3) is 0 Å². The molecule has 0 aromatic rings. The molecule has 0 amide bonds. The molecular weight excluding hydrogens is 384 g/mol. The van der Waals surface area contributed by atoms with E-state index in [1.54, 1.807) is 0 Å². The second-order valence-corrected chi connectivity index (χ2v) is 7.00. The molecule has 1 atom stereocenters. The minimum atomic E-state index is 0. The maximum atomic E-state index is 4.92. The van der Waals surface area contributed by atoms with Gasteiger partial charge in [-0.25, -0.2) is 0 Å². The number of halogens is 2. The normalized spacial score (nSPS) is 15.9. The zero-order chi connectivity index (χ0) is 13.5. The minimum Gasteiger partial charge on any atom is -1.00 e. The van der Waals surface area contributed by atoms with E-state index in [9.17, 15) is 0 Å². The van der Waals surface area contributed by atoms with Crippen molar-refractivity contribution in [2.75, 3.05) is 0 Å². The molecule has 0 heterocycles. The predicted octanol–water partition coefficient (Wildman–Crippen LogP) is -1.41. The third kappa shape index (κ3) is 9.95. The summed E-state index contributed by atoms with van der Waals surface area (Å²) in [6, 6.07) is 0.291. The van der Waals surface area contributed by atoms with Gasteiger partial charge >= 0.3 is 26.2 Å². The monoisotopic (exact) mass is 411 g/mol. The molecule has 1 aliphatic rings. The van der Waals surface area contributed by atoms with Crippen LogP contribution in [0.25, 0.3) is 5.32 Å². The summed E-state index contributed by atoms with van der Waals surface area (Å²) >= 11 is 0. The van der Waals surface area contributed by atoms with E-state index >= 15 is 0 Å². The van der Waals surface area contributed by atoms with Gasteiger partial charge in [0.2, 0.25) is 0 Å². The Hall–Kier alpha value is 1.12. The molecule has 1 nitrogen and oxygen atoms in total. The summed E-state index contributed by atoms with van der Waals surface area (Å²) in [5.41, 5.74) is 0.294. The van der Waals surface area contributed by atoms with E-state index in [4.69, 9.17) is 5.32 Å². The summed E-state index contributed by atoms with van der Waals surface area (Å²) in [5, 5.41) is 4.92. The van der Waals surface area contributed by atoms with Crippen LogP contribution in [-0.2, 0) is 26.2 Å². The van der Waals surface area contributed by atoms with Crippen LogP contribution in [0.3, 0.4) is 0 Å². The van der Waals surface area contributed by atoms with Crippen LogP contribution in [-0.4, -0.2) is 21.1 Å². The van der Waals surface area contributed by atoms with Crippen molar-refractivity contribution in [1.29, 1.82) is 0 Å². The van der Waals surface area contributed by atoms with Gasteiger partial charge in [0.05, 0.1) is 0 Å². The van der Waals surface area contributed by atoms with Crippen LogP contribution in [0.1, 0.15) is 41.0 Å². The summed E-state index contributed by atoms with van der Waals surface area (Å²) in [4.78, 5) is 0. The third-order valence-corrected chi connectivity index (χ3v) is 3.47. The number of allylic oxidation sites excluding steroid dienone is 2. The SMILES string of the molecule is CCC(C)([N-]C1C=CC=C1)C(C)(C)C.C[SiH]C.[Cl-].[Cl-].[Zr+3]. The van der Waals surface area contributed by atoms with Gasteiger partial charge in [-0.05, 0) is 0 Å². The minimum absolute atomic E-state index is 0. The van der Waals surface area contributed by atoms with E-state index in [0.717, 1.165) is 15.9 Å². The van der Waals surface area contributed by atoms with Crippen LogP contribution in [0, 0.1) is 5.41 Å². The molecule has 0 fully saturated rings. The van der Waals surface area contributed by atoms with Crippen LogP contribution in [0.2, 0.25) is 13.1 Å². The van der Waals surface area contributed by atoms with Gasteiger partial charge < -0.3 is 30.1 Å². The Bertz CT molecular complexity index is 266. The Morgan fingerprint density at radius 3 is 1.60 bits per heavy atom. The molecule has 0 aliphatic heterocycles. The molecule has 1 unspecified atom stereocenters. The Kier molecular flexibility index (Phi) is 20.1. The standard InChI is InChI=1S/C13H22N.C2H7Si.2ClH.Zr/c1-6-13(5,12(2,3)4)14-11-9-7-8-10-11;1-3-2;;;/h7-11H,6H2,1-5H3;3H,1-2H3;2*1H;/q-1;;;;+3/p-2. The fraction of sp³-hybridized carbons (Fsp3) is 0.733. The molecule has 1 aliphatic carbocycles. The van der Waals surface area contributed by atoms with Gasteiger partial charge in [-0.1, -0.05) is 89.9 Å².